The average molecular weight is 479 g/mol. The van der Waals surface area contributed by atoms with Crippen LogP contribution in [-0.2, 0) is 21.2 Å². The van der Waals surface area contributed by atoms with Crippen molar-refractivity contribution >= 4 is 27.5 Å². The Balaban J connectivity index is 1.57. The molecule has 3 rings (SSSR count). The molecule has 1 aromatic carbocycles. The summed E-state index contributed by atoms with van der Waals surface area (Å²) in [6.45, 7) is 8.76. The van der Waals surface area contributed by atoms with Crippen LogP contribution in [-0.4, -0.2) is 82.6 Å². The molecule has 2 amide bonds. The Morgan fingerprint density at radius 3 is 2.39 bits per heavy atom. The Hall–Kier alpha value is -2.13. The first-order chi connectivity index (χ1) is 15.3. The van der Waals surface area contributed by atoms with Crippen LogP contribution in [0.25, 0.3) is 0 Å². The van der Waals surface area contributed by atoms with Crippen molar-refractivity contribution in [3.05, 3.63) is 29.3 Å². The van der Waals surface area contributed by atoms with Gasteiger partial charge in [0.05, 0.1) is 11.9 Å². The van der Waals surface area contributed by atoms with Gasteiger partial charge in [0.25, 0.3) is 5.91 Å². The standard InChI is InChI=1S/C24H38N4O4S/c1-17-13-20-14-19(7-8-21(20)28(17)33(6,31)32)23(30)27-11-9-18(10-12-27)22(29)25-15-24(2,3)16-26(4)5/h7-8,14,17-18H,9-13,15-16H2,1-6H3,(H,25,29). The number of carbonyl (C=O) groups is 2. The van der Waals surface area contributed by atoms with Gasteiger partial charge in [-0.05, 0) is 69.5 Å². The Morgan fingerprint density at radius 1 is 1.18 bits per heavy atom. The molecule has 1 aromatic rings. The monoisotopic (exact) mass is 478 g/mol. The number of piperidine rings is 1. The molecule has 0 saturated carbocycles. The molecule has 2 aliphatic rings. The van der Waals surface area contributed by atoms with Gasteiger partial charge in [0.15, 0.2) is 0 Å². The van der Waals surface area contributed by atoms with Gasteiger partial charge in [-0.25, -0.2) is 8.42 Å². The summed E-state index contributed by atoms with van der Waals surface area (Å²) >= 11 is 0. The number of sulfonamides is 1. The molecule has 0 spiro atoms. The van der Waals surface area contributed by atoms with Crippen molar-refractivity contribution in [2.24, 2.45) is 11.3 Å². The van der Waals surface area contributed by atoms with Gasteiger partial charge in [0.1, 0.15) is 0 Å². The molecule has 9 heteroatoms. The molecule has 1 atom stereocenters. The lowest BCUT2D eigenvalue weighted by Gasteiger charge is -2.33. The third-order valence-electron chi connectivity index (χ3n) is 6.48. The van der Waals surface area contributed by atoms with Gasteiger partial charge in [-0.3, -0.25) is 13.9 Å². The van der Waals surface area contributed by atoms with Crippen molar-refractivity contribution in [2.75, 3.05) is 50.8 Å². The fourth-order valence-corrected chi connectivity index (χ4v) is 6.41. The number of benzene rings is 1. The molecule has 0 aliphatic carbocycles. The maximum absolute atomic E-state index is 13.1. The lowest BCUT2D eigenvalue weighted by molar-refractivity contribution is -0.126. The second-order valence-corrected chi connectivity index (χ2v) is 12.5. The Morgan fingerprint density at radius 2 is 1.82 bits per heavy atom. The minimum Gasteiger partial charge on any atom is -0.355 e. The number of nitrogens with zero attached hydrogens (tertiary/aromatic N) is 3. The van der Waals surface area contributed by atoms with Gasteiger partial charge in [0, 0.05) is 43.7 Å². The van der Waals surface area contributed by atoms with Crippen molar-refractivity contribution in [3.63, 3.8) is 0 Å². The number of likely N-dealkylation sites (tertiary alicyclic amines) is 1. The van der Waals surface area contributed by atoms with E-state index in [0.29, 0.717) is 50.1 Å². The van der Waals surface area contributed by atoms with Crippen molar-refractivity contribution in [1.82, 2.24) is 15.1 Å². The number of rotatable bonds is 7. The first-order valence-electron chi connectivity index (χ1n) is 11.6. The minimum atomic E-state index is -3.36. The third-order valence-corrected chi connectivity index (χ3v) is 7.75. The molecule has 33 heavy (non-hydrogen) atoms. The van der Waals surface area contributed by atoms with Crippen LogP contribution in [0.15, 0.2) is 18.2 Å². The molecule has 184 valence electrons. The van der Waals surface area contributed by atoms with Crippen molar-refractivity contribution in [3.8, 4) is 0 Å². The van der Waals surface area contributed by atoms with E-state index in [-0.39, 0.29) is 29.2 Å². The Labute approximate surface area is 198 Å². The molecule has 1 N–H and O–H groups in total. The summed E-state index contributed by atoms with van der Waals surface area (Å²) in [7, 11) is 0.699. The van der Waals surface area contributed by atoms with E-state index in [0.717, 1.165) is 12.1 Å². The summed E-state index contributed by atoms with van der Waals surface area (Å²) in [6.07, 6.45) is 3.10. The summed E-state index contributed by atoms with van der Waals surface area (Å²) in [4.78, 5) is 29.7. The van der Waals surface area contributed by atoms with E-state index in [4.69, 9.17) is 0 Å². The van der Waals surface area contributed by atoms with Crippen LogP contribution < -0.4 is 9.62 Å². The van der Waals surface area contributed by atoms with Crippen LogP contribution in [0.2, 0.25) is 0 Å². The van der Waals surface area contributed by atoms with E-state index in [1.165, 1.54) is 10.6 Å². The molecule has 8 nitrogen and oxygen atoms in total. The number of hydrogen-bond acceptors (Lipinski definition) is 5. The molecule has 0 radical (unpaired) electrons. The highest BCUT2D eigenvalue weighted by molar-refractivity contribution is 7.92. The normalized spacial score (nSPS) is 19.7. The van der Waals surface area contributed by atoms with Crippen molar-refractivity contribution < 1.29 is 18.0 Å². The molecule has 0 bridgehead atoms. The van der Waals surface area contributed by atoms with Crippen LogP contribution in [0.3, 0.4) is 0 Å². The van der Waals surface area contributed by atoms with E-state index in [1.807, 2.05) is 27.1 Å². The van der Waals surface area contributed by atoms with Gasteiger partial charge < -0.3 is 15.1 Å². The van der Waals surface area contributed by atoms with Gasteiger partial charge in [-0.1, -0.05) is 13.8 Å². The first-order valence-corrected chi connectivity index (χ1v) is 13.5. The topological polar surface area (TPSA) is 90.0 Å². The van der Waals surface area contributed by atoms with E-state index in [9.17, 15) is 18.0 Å². The summed E-state index contributed by atoms with van der Waals surface area (Å²) in [5, 5.41) is 3.10. The third kappa shape index (κ3) is 6.06. The van der Waals surface area contributed by atoms with Gasteiger partial charge >= 0.3 is 0 Å². The van der Waals surface area contributed by atoms with E-state index in [1.54, 1.807) is 17.0 Å². The second-order valence-electron chi connectivity index (χ2n) is 10.6. The highest BCUT2D eigenvalue weighted by atomic mass is 32.2. The Kier molecular flexibility index (Phi) is 7.43. The molecule has 1 saturated heterocycles. The van der Waals surface area contributed by atoms with Crippen LogP contribution >= 0.6 is 0 Å². The fourth-order valence-electron chi connectivity index (χ4n) is 5.15. The SMILES string of the molecule is CC1Cc2cc(C(=O)N3CCC(C(=O)NCC(C)(C)CN(C)C)CC3)ccc2N1S(C)(=O)=O. The lowest BCUT2D eigenvalue weighted by atomic mass is 9.91. The smallest absolute Gasteiger partial charge is 0.253 e. The largest absolute Gasteiger partial charge is 0.355 e. The van der Waals surface area contributed by atoms with Gasteiger partial charge in [0.2, 0.25) is 15.9 Å². The fraction of sp³-hybridized carbons (Fsp3) is 0.667. The summed E-state index contributed by atoms with van der Waals surface area (Å²) in [5.74, 6) is -0.0658. The molecular weight excluding hydrogens is 440 g/mol. The second kappa shape index (κ2) is 9.62. The summed E-state index contributed by atoms with van der Waals surface area (Å²) in [6, 6.07) is 5.12. The van der Waals surface area contributed by atoms with Crippen molar-refractivity contribution in [2.45, 2.75) is 46.1 Å². The zero-order valence-corrected chi connectivity index (χ0v) is 21.5. The Bertz CT molecular complexity index is 998. The zero-order chi connectivity index (χ0) is 24.6. The van der Waals surface area contributed by atoms with Crippen LogP contribution in [0.5, 0.6) is 0 Å². The number of amides is 2. The van der Waals surface area contributed by atoms with Gasteiger partial charge in [-0.2, -0.15) is 0 Å². The summed E-state index contributed by atoms with van der Waals surface area (Å²) in [5.41, 5.74) is 2.11. The number of carbonyl (C=O) groups excluding carboxylic acids is 2. The zero-order valence-electron chi connectivity index (χ0n) is 20.7. The van der Waals surface area contributed by atoms with Crippen LogP contribution in [0.1, 0.15) is 49.5 Å². The van der Waals surface area contributed by atoms with E-state index < -0.39 is 10.0 Å². The summed E-state index contributed by atoms with van der Waals surface area (Å²) < 4.78 is 25.7. The van der Waals surface area contributed by atoms with E-state index in [2.05, 4.69) is 24.1 Å². The van der Waals surface area contributed by atoms with Crippen LogP contribution in [0.4, 0.5) is 5.69 Å². The van der Waals surface area contributed by atoms with E-state index >= 15 is 0 Å². The maximum Gasteiger partial charge on any atom is 0.253 e. The average Bonchev–Trinajstić information content (AvgIpc) is 3.06. The number of hydrogen-bond donors (Lipinski definition) is 1. The lowest BCUT2D eigenvalue weighted by Crippen LogP contribution is -2.46. The predicted octanol–water partition coefficient (Wildman–Crippen LogP) is 1.95. The van der Waals surface area contributed by atoms with Crippen LogP contribution in [0, 0.1) is 11.3 Å². The minimum absolute atomic E-state index is 0.00637. The number of nitrogens with one attached hydrogen (secondary N) is 1. The van der Waals surface area contributed by atoms with Crippen molar-refractivity contribution in [1.29, 1.82) is 0 Å². The highest BCUT2D eigenvalue weighted by Gasteiger charge is 2.34. The molecule has 2 heterocycles. The van der Waals surface area contributed by atoms with Gasteiger partial charge in [-0.15, -0.1) is 0 Å². The highest BCUT2D eigenvalue weighted by Crippen LogP contribution is 2.35. The predicted molar refractivity (Wildman–Crippen MR) is 131 cm³/mol. The molecule has 1 fully saturated rings. The number of anilines is 1. The molecule has 1 unspecified atom stereocenters. The molecule has 2 aliphatic heterocycles. The number of fused-ring (bicyclic) bond motifs is 1. The first kappa shape index (κ1) is 25.5. The molecular formula is C24H38N4O4S. The molecule has 0 aromatic heterocycles. The quantitative estimate of drug-likeness (QED) is 0.647. The maximum atomic E-state index is 13.1.